The molecule has 4 aromatic carbocycles. The number of carbonyl (C=O) groups excluding carboxylic acids is 2. The maximum absolute atomic E-state index is 13.6. The van der Waals surface area contributed by atoms with Crippen molar-refractivity contribution < 1.29 is 24.0 Å². The van der Waals surface area contributed by atoms with E-state index in [4.69, 9.17) is 9.47 Å². The van der Waals surface area contributed by atoms with Gasteiger partial charge in [0.25, 0.3) is 11.6 Å². The lowest BCUT2D eigenvalue weighted by atomic mass is 10.1. The Bertz CT molecular complexity index is 1500. The highest BCUT2D eigenvalue weighted by Gasteiger charge is 2.24. The van der Waals surface area contributed by atoms with E-state index in [-0.39, 0.29) is 17.2 Å². The molecule has 0 spiro atoms. The molecule has 1 atom stereocenters. The van der Waals surface area contributed by atoms with Crippen LogP contribution in [-0.2, 0) is 4.79 Å². The number of benzene rings is 4. The van der Waals surface area contributed by atoms with E-state index in [0.717, 1.165) is 10.5 Å². The lowest BCUT2D eigenvalue weighted by Crippen LogP contribution is -2.19. The van der Waals surface area contributed by atoms with Gasteiger partial charge >= 0.3 is 0 Å². The van der Waals surface area contributed by atoms with Gasteiger partial charge in [0.05, 0.1) is 24.8 Å². The van der Waals surface area contributed by atoms with Gasteiger partial charge in [0, 0.05) is 34.3 Å². The third-order valence-electron chi connectivity index (χ3n) is 5.67. The lowest BCUT2D eigenvalue weighted by Gasteiger charge is -2.19. The zero-order chi connectivity index (χ0) is 27.8. The second kappa shape index (κ2) is 12.6. The normalized spacial score (nSPS) is 11.2. The van der Waals surface area contributed by atoms with Crippen molar-refractivity contribution in [1.82, 2.24) is 0 Å². The number of non-ortho nitro benzene ring substituents is 1. The number of rotatable bonds is 10. The molecule has 2 amide bonds. The Morgan fingerprint density at radius 1 is 0.846 bits per heavy atom. The lowest BCUT2D eigenvalue weighted by molar-refractivity contribution is -0.384. The number of ether oxygens (including phenoxy) is 2. The molecule has 10 heteroatoms. The fourth-order valence-corrected chi connectivity index (χ4v) is 4.84. The summed E-state index contributed by atoms with van der Waals surface area (Å²) >= 11 is 1.31. The van der Waals surface area contributed by atoms with Crippen LogP contribution in [0.4, 0.5) is 17.1 Å². The van der Waals surface area contributed by atoms with E-state index >= 15 is 0 Å². The molecule has 0 bridgehead atoms. The van der Waals surface area contributed by atoms with Gasteiger partial charge in [-0.25, -0.2) is 0 Å². The van der Waals surface area contributed by atoms with E-state index in [1.807, 2.05) is 36.4 Å². The molecule has 0 fully saturated rings. The number of nitrogens with one attached hydrogen (secondary N) is 2. The maximum atomic E-state index is 13.6. The Balaban J connectivity index is 1.57. The Labute approximate surface area is 229 Å². The van der Waals surface area contributed by atoms with Crippen LogP contribution >= 0.6 is 11.8 Å². The van der Waals surface area contributed by atoms with Gasteiger partial charge in [0.1, 0.15) is 16.7 Å². The van der Waals surface area contributed by atoms with Crippen LogP contribution in [0.1, 0.15) is 21.2 Å². The second-order valence-electron chi connectivity index (χ2n) is 8.25. The zero-order valence-corrected chi connectivity index (χ0v) is 21.9. The fraction of sp³-hybridized carbons (Fsp3) is 0.103. The maximum Gasteiger partial charge on any atom is 0.270 e. The van der Waals surface area contributed by atoms with Gasteiger partial charge in [-0.3, -0.25) is 19.7 Å². The van der Waals surface area contributed by atoms with Crippen molar-refractivity contribution in [3.8, 4) is 11.5 Å². The highest BCUT2D eigenvalue weighted by atomic mass is 32.2. The van der Waals surface area contributed by atoms with Crippen LogP contribution in [0.25, 0.3) is 0 Å². The molecule has 2 N–H and O–H groups in total. The summed E-state index contributed by atoms with van der Waals surface area (Å²) in [6.45, 7) is 0. The molecule has 4 aromatic rings. The van der Waals surface area contributed by atoms with Gasteiger partial charge in [-0.05, 0) is 42.0 Å². The van der Waals surface area contributed by atoms with Crippen molar-refractivity contribution in [2.75, 3.05) is 24.9 Å². The van der Waals surface area contributed by atoms with Crippen molar-refractivity contribution >= 4 is 40.6 Å². The highest BCUT2D eigenvalue weighted by Crippen LogP contribution is 2.38. The van der Waals surface area contributed by atoms with Gasteiger partial charge in [-0.15, -0.1) is 11.8 Å². The first-order valence-corrected chi connectivity index (χ1v) is 12.7. The molecular formula is C29H25N3O6S. The van der Waals surface area contributed by atoms with Crippen molar-refractivity contribution in [2.24, 2.45) is 0 Å². The Morgan fingerprint density at radius 2 is 1.62 bits per heavy atom. The van der Waals surface area contributed by atoms with Gasteiger partial charge in [-0.2, -0.15) is 0 Å². The van der Waals surface area contributed by atoms with Crippen molar-refractivity contribution in [1.29, 1.82) is 0 Å². The van der Waals surface area contributed by atoms with Gasteiger partial charge in [0.15, 0.2) is 0 Å². The van der Waals surface area contributed by atoms with E-state index in [2.05, 4.69) is 10.6 Å². The number of nitro groups is 1. The summed E-state index contributed by atoms with van der Waals surface area (Å²) in [5.74, 6) is 0.307. The number of hydrogen-bond acceptors (Lipinski definition) is 7. The SMILES string of the molecule is COc1ccc(OC)c(NC(=O)C(Sc2cccc(NC(=O)c3cccc([N+](=O)[O-])c3)c2)c2ccccc2)c1. The predicted octanol–water partition coefficient (Wildman–Crippen LogP) is 6.34. The van der Waals surface area contributed by atoms with Crippen LogP contribution < -0.4 is 20.1 Å². The number of methoxy groups -OCH3 is 2. The summed E-state index contributed by atoms with van der Waals surface area (Å²) < 4.78 is 10.7. The van der Waals surface area contributed by atoms with Gasteiger partial charge < -0.3 is 20.1 Å². The Morgan fingerprint density at radius 3 is 2.33 bits per heavy atom. The van der Waals surface area contributed by atoms with E-state index in [1.165, 1.54) is 43.1 Å². The van der Waals surface area contributed by atoms with Crippen LogP contribution in [-0.4, -0.2) is 31.0 Å². The van der Waals surface area contributed by atoms with E-state index in [9.17, 15) is 19.7 Å². The van der Waals surface area contributed by atoms with E-state index < -0.39 is 16.1 Å². The first-order valence-electron chi connectivity index (χ1n) is 11.8. The monoisotopic (exact) mass is 543 g/mol. The molecule has 0 aliphatic heterocycles. The second-order valence-corrected chi connectivity index (χ2v) is 9.43. The minimum atomic E-state index is -0.634. The van der Waals surface area contributed by atoms with Crippen LogP contribution in [0, 0.1) is 10.1 Å². The Hall–Kier alpha value is -4.83. The molecular weight excluding hydrogens is 518 g/mol. The molecule has 198 valence electrons. The number of nitro benzene ring substituents is 1. The number of thioether (sulfide) groups is 1. The first kappa shape index (κ1) is 27.2. The van der Waals surface area contributed by atoms with Crippen LogP contribution in [0.2, 0.25) is 0 Å². The minimum absolute atomic E-state index is 0.163. The highest BCUT2D eigenvalue weighted by molar-refractivity contribution is 8.00. The predicted molar refractivity (Wildman–Crippen MR) is 151 cm³/mol. The molecule has 0 radical (unpaired) electrons. The quantitative estimate of drug-likeness (QED) is 0.136. The van der Waals surface area contributed by atoms with E-state index in [1.54, 1.807) is 43.5 Å². The summed E-state index contributed by atoms with van der Waals surface area (Å²) in [6, 6.07) is 27.0. The number of hydrogen-bond donors (Lipinski definition) is 2. The van der Waals surface area contributed by atoms with Crippen LogP contribution in [0.3, 0.4) is 0 Å². The van der Waals surface area contributed by atoms with Crippen molar-refractivity contribution in [2.45, 2.75) is 10.1 Å². The van der Waals surface area contributed by atoms with Crippen LogP contribution in [0.5, 0.6) is 11.5 Å². The van der Waals surface area contributed by atoms with Gasteiger partial charge in [-0.1, -0.05) is 42.5 Å². The molecule has 0 saturated heterocycles. The average molecular weight is 544 g/mol. The van der Waals surface area contributed by atoms with Crippen molar-refractivity contribution in [3.63, 3.8) is 0 Å². The third kappa shape index (κ3) is 6.93. The largest absolute Gasteiger partial charge is 0.497 e. The number of nitrogens with zero attached hydrogens (tertiary/aromatic N) is 1. The number of amides is 2. The summed E-state index contributed by atoms with van der Waals surface area (Å²) in [5.41, 5.74) is 1.74. The van der Waals surface area contributed by atoms with E-state index in [0.29, 0.717) is 22.9 Å². The first-order chi connectivity index (χ1) is 18.9. The molecule has 39 heavy (non-hydrogen) atoms. The number of carbonyl (C=O) groups is 2. The van der Waals surface area contributed by atoms with Gasteiger partial charge in [0.2, 0.25) is 5.91 Å². The zero-order valence-electron chi connectivity index (χ0n) is 21.1. The topological polar surface area (TPSA) is 120 Å². The molecule has 0 aromatic heterocycles. The van der Waals surface area contributed by atoms with Crippen molar-refractivity contribution in [3.05, 3.63) is 118 Å². The summed E-state index contributed by atoms with van der Waals surface area (Å²) in [4.78, 5) is 37.5. The number of anilines is 2. The smallest absolute Gasteiger partial charge is 0.270 e. The molecule has 4 rings (SSSR count). The molecule has 1 unspecified atom stereocenters. The van der Waals surface area contributed by atoms with Crippen LogP contribution in [0.15, 0.2) is 102 Å². The fourth-order valence-electron chi connectivity index (χ4n) is 3.76. The minimum Gasteiger partial charge on any atom is -0.497 e. The Kier molecular flexibility index (Phi) is 8.80. The summed E-state index contributed by atoms with van der Waals surface area (Å²) in [7, 11) is 3.06. The third-order valence-corrected chi connectivity index (χ3v) is 6.92. The molecule has 0 heterocycles. The summed E-state index contributed by atoms with van der Waals surface area (Å²) in [6.07, 6.45) is 0. The average Bonchev–Trinajstić information content (AvgIpc) is 2.96. The molecule has 9 nitrogen and oxygen atoms in total. The molecule has 0 aliphatic carbocycles. The molecule has 0 aliphatic rings. The standard InChI is InChI=1S/C29H25N3O6S/c1-37-23-14-15-26(38-2)25(18-23)31-29(34)27(19-8-4-3-5-9-19)39-24-13-7-11-21(17-24)30-28(33)20-10-6-12-22(16-20)32(35)36/h3-18,27H,1-2H3,(H,30,33)(H,31,34). The summed E-state index contributed by atoms with van der Waals surface area (Å²) in [5, 5.41) is 16.1. The molecule has 0 saturated carbocycles.